The summed E-state index contributed by atoms with van der Waals surface area (Å²) in [7, 11) is 0. The zero-order chi connectivity index (χ0) is 16.7. The van der Waals surface area contributed by atoms with Crippen LogP contribution in [0, 0.1) is 5.82 Å². The number of carbonyl (C=O) groups excluding carboxylic acids is 2. The van der Waals surface area contributed by atoms with E-state index in [1.807, 2.05) is 0 Å². The van der Waals surface area contributed by atoms with Gasteiger partial charge in [-0.1, -0.05) is 36.9 Å². The highest BCUT2D eigenvalue weighted by Crippen LogP contribution is 2.17. The summed E-state index contributed by atoms with van der Waals surface area (Å²) in [5, 5.41) is 0. The Bertz CT molecular complexity index is 731. The number of nitrogens with one attached hydrogen (secondary N) is 2. The molecule has 0 heterocycles. The largest absolute Gasteiger partial charge is 0.489 e. The minimum absolute atomic E-state index is 0.163. The fourth-order valence-corrected chi connectivity index (χ4v) is 1.82. The molecule has 2 aromatic rings. The minimum atomic E-state index is -0.749. The fourth-order valence-electron chi connectivity index (χ4n) is 1.82. The van der Waals surface area contributed by atoms with E-state index in [0.29, 0.717) is 5.75 Å². The number of hydrogen-bond donors (Lipinski definition) is 2. The van der Waals surface area contributed by atoms with Gasteiger partial charge in [0.05, 0.1) is 11.1 Å². The lowest BCUT2D eigenvalue weighted by atomic mass is 10.2. The maximum absolute atomic E-state index is 13.5. The summed E-state index contributed by atoms with van der Waals surface area (Å²) in [6.07, 6.45) is 1.55. The number of hydrazine groups is 1. The molecular weight excluding hydrogens is 299 g/mol. The number of ether oxygens (including phenoxy) is 1. The van der Waals surface area contributed by atoms with Gasteiger partial charge in [-0.15, -0.1) is 0 Å². The van der Waals surface area contributed by atoms with Crippen molar-refractivity contribution in [2.45, 2.75) is 0 Å². The van der Waals surface area contributed by atoms with Crippen LogP contribution in [0.2, 0.25) is 0 Å². The van der Waals surface area contributed by atoms with Crippen molar-refractivity contribution in [2.24, 2.45) is 0 Å². The Morgan fingerprint density at radius 3 is 2.22 bits per heavy atom. The Balaban J connectivity index is 2.04. The predicted octanol–water partition coefficient (Wildman–Crippen LogP) is 2.47. The van der Waals surface area contributed by atoms with Gasteiger partial charge in [-0.3, -0.25) is 20.4 Å². The van der Waals surface area contributed by atoms with Crippen molar-refractivity contribution in [3.05, 3.63) is 78.1 Å². The van der Waals surface area contributed by atoms with Crippen LogP contribution >= 0.6 is 0 Å². The first-order chi connectivity index (χ1) is 11.1. The van der Waals surface area contributed by atoms with Gasteiger partial charge in [0.1, 0.15) is 18.2 Å². The molecule has 118 valence electrons. The van der Waals surface area contributed by atoms with Crippen LogP contribution in [0.3, 0.4) is 0 Å². The van der Waals surface area contributed by atoms with Gasteiger partial charge >= 0.3 is 0 Å². The molecule has 2 rings (SSSR count). The molecule has 0 atom stereocenters. The molecule has 6 heteroatoms. The van der Waals surface area contributed by atoms with Crippen LogP contribution in [0.5, 0.6) is 5.75 Å². The molecule has 0 aliphatic heterocycles. The summed E-state index contributed by atoms with van der Waals surface area (Å²) in [6, 6.07) is 12.0. The summed E-state index contributed by atoms with van der Waals surface area (Å²) >= 11 is 0. The predicted molar refractivity (Wildman–Crippen MR) is 83.5 cm³/mol. The molecule has 0 saturated heterocycles. The van der Waals surface area contributed by atoms with E-state index in [0.717, 1.165) is 6.07 Å². The van der Waals surface area contributed by atoms with Crippen molar-refractivity contribution in [3.8, 4) is 5.75 Å². The molecule has 0 unspecified atom stereocenters. The van der Waals surface area contributed by atoms with Crippen LogP contribution in [-0.2, 0) is 0 Å². The van der Waals surface area contributed by atoms with Crippen molar-refractivity contribution in [2.75, 3.05) is 6.61 Å². The van der Waals surface area contributed by atoms with Crippen LogP contribution in [0.15, 0.2) is 61.2 Å². The third-order valence-corrected chi connectivity index (χ3v) is 2.90. The number of para-hydroxylation sites is 1. The van der Waals surface area contributed by atoms with E-state index < -0.39 is 17.6 Å². The van der Waals surface area contributed by atoms with E-state index in [2.05, 4.69) is 17.4 Å². The van der Waals surface area contributed by atoms with Crippen LogP contribution in [0.4, 0.5) is 4.39 Å². The molecule has 2 N–H and O–H groups in total. The van der Waals surface area contributed by atoms with Crippen LogP contribution in [0.1, 0.15) is 20.7 Å². The van der Waals surface area contributed by atoms with Gasteiger partial charge in [-0.25, -0.2) is 4.39 Å². The summed E-state index contributed by atoms with van der Waals surface area (Å²) in [5.41, 5.74) is 4.47. The fraction of sp³-hybridized carbons (Fsp3) is 0.0588. The second-order valence-corrected chi connectivity index (χ2v) is 4.48. The molecule has 0 bridgehead atoms. The van der Waals surface area contributed by atoms with E-state index in [9.17, 15) is 14.0 Å². The van der Waals surface area contributed by atoms with E-state index in [4.69, 9.17) is 4.74 Å². The van der Waals surface area contributed by atoms with Crippen molar-refractivity contribution in [1.82, 2.24) is 10.9 Å². The molecule has 2 aromatic carbocycles. The molecule has 0 aliphatic rings. The third kappa shape index (κ3) is 4.16. The highest BCUT2D eigenvalue weighted by Gasteiger charge is 2.15. The molecule has 0 saturated carbocycles. The summed E-state index contributed by atoms with van der Waals surface area (Å²) < 4.78 is 18.9. The maximum Gasteiger partial charge on any atom is 0.273 e. The Hall–Kier alpha value is -3.15. The molecule has 0 spiro atoms. The molecule has 2 amide bonds. The number of amides is 2. The molecule has 0 aliphatic carbocycles. The van der Waals surface area contributed by atoms with E-state index in [1.54, 1.807) is 30.3 Å². The first-order valence-corrected chi connectivity index (χ1v) is 6.81. The van der Waals surface area contributed by atoms with Gasteiger partial charge in [0.25, 0.3) is 11.8 Å². The number of halogens is 1. The summed E-state index contributed by atoms with van der Waals surface area (Å²) in [4.78, 5) is 24.0. The first-order valence-electron chi connectivity index (χ1n) is 6.81. The molecule has 23 heavy (non-hydrogen) atoms. The second-order valence-electron chi connectivity index (χ2n) is 4.48. The van der Waals surface area contributed by atoms with Gasteiger partial charge in [-0.05, 0) is 24.3 Å². The van der Waals surface area contributed by atoms with Crippen molar-refractivity contribution < 1.29 is 18.7 Å². The maximum atomic E-state index is 13.5. The summed E-state index contributed by atoms with van der Waals surface area (Å²) in [6.45, 7) is 3.78. The Kier molecular flexibility index (Phi) is 5.46. The van der Waals surface area contributed by atoms with Crippen LogP contribution < -0.4 is 15.6 Å². The minimum Gasteiger partial charge on any atom is -0.489 e. The standard InChI is InChI=1S/C17H15FN2O3/c1-2-11-23-15-10-6-4-8-13(15)17(22)20-19-16(21)12-7-3-5-9-14(12)18/h2-10H,1,11H2,(H,19,21)(H,20,22). The monoisotopic (exact) mass is 314 g/mol. The topological polar surface area (TPSA) is 67.4 Å². The highest BCUT2D eigenvalue weighted by atomic mass is 19.1. The van der Waals surface area contributed by atoms with Crippen LogP contribution in [-0.4, -0.2) is 18.4 Å². The Morgan fingerprint density at radius 1 is 1.00 bits per heavy atom. The van der Waals surface area contributed by atoms with Gasteiger partial charge in [0, 0.05) is 0 Å². The number of benzene rings is 2. The van der Waals surface area contributed by atoms with Crippen LogP contribution in [0.25, 0.3) is 0 Å². The zero-order valence-electron chi connectivity index (χ0n) is 12.2. The van der Waals surface area contributed by atoms with Crippen molar-refractivity contribution in [1.29, 1.82) is 0 Å². The molecule has 0 fully saturated rings. The Morgan fingerprint density at radius 2 is 1.57 bits per heavy atom. The average molecular weight is 314 g/mol. The molecule has 0 aromatic heterocycles. The number of rotatable bonds is 5. The smallest absolute Gasteiger partial charge is 0.273 e. The summed E-state index contributed by atoms with van der Waals surface area (Å²) in [5.74, 6) is -1.64. The van der Waals surface area contributed by atoms with Gasteiger partial charge in [0.2, 0.25) is 0 Å². The molecular formula is C17H15FN2O3. The number of hydrogen-bond acceptors (Lipinski definition) is 3. The third-order valence-electron chi connectivity index (χ3n) is 2.90. The average Bonchev–Trinajstić information content (AvgIpc) is 2.58. The lowest BCUT2D eigenvalue weighted by Crippen LogP contribution is -2.42. The van der Waals surface area contributed by atoms with E-state index in [-0.39, 0.29) is 17.7 Å². The van der Waals surface area contributed by atoms with Crippen molar-refractivity contribution in [3.63, 3.8) is 0 Å². The van der Waals surface area contributed by atoms with E-state index in [1.165, 1.54) is 18.2 Å². The van der Waals surface area contributed by atoms with E-state index >= 15 is 0 Å². The second kappa shape index (κ2) is 7.74. The lowest BCUT2D eigenvalue weighted by molar-refractivity contribution is 0.0842. The SMILES string of the molecule is C=CCOc1ccccc1C(=O)NNC(=O)c1ccccc1F. The van der Waals surface area contributed by atoms with Gasteiger partial charge in [-0.2, -0.15) is 0 Å². The molecule has 0 radical (unpaired) electrons. The van der Waals surface area contributed by atoms with Gasteiger partial charge in [0.15, 0.2) is 0 Å². The lowest BCUT2D eigenvalue weighted by Gasteiger charge is -2.11. The quantitative estimate of drug-likeness (QED) is 0.658. The van der Waals surface area contributed by atoms with Gasteiger partial charge < -0.3 is 4.74 Å². The van der Waals surface area contributed by atoms with Crippen molar-refractivity contribution >= 4 is 11.8 Å². The molecule has 5 nitrogen and oxygen atoms in total. The Labute approximate surface area is 132 Å². The highest BCUT2D eigenvalue weighted by molar-refractivity contribution is 6.00. The first kappa shape index (κ1) is 16.2. The zero-order valence-corrected chi connectivity index (χ0v) is 12.2. The number of carbonyl (C=O) groups is 2. The normalized spacial score (nSPS) is 9.78.